The number of benzene rings is 1. The first-order chi connectivity index (χ1) is 16.7. The number of nitrogens with zero attached hydrogens (tertiary/aromatic N) is 6. The van der Waals surface area contributed by atoms with E-state index in [0.717, 1.165) is 11.3 Å². The summed E-state index contributed by atoms with van der Waals surface area (Å²) in [5, 5.41) is 29.6. The second-order valence-corrected chi connectivity index (χ2v) is 8.88. The highest BCUT2D eigenvalue weighted by Gasteiger charge is 2.43. The summed E-state index contributed by atoms with van der Waals surface area (Å²) < 4.78 is 1.57. The van der Waals surface area contributed by atoms with Crippen LogP contribution in [-0.2, 0) is 11.2 Å². The lowest BCUT2D eigenvalue weighted by Gasteiger charge is -2.39. The van der Waals surface area contributed by atoms with Crippen molar-refractivity contribution in [2.75, 3.05) is 26.7 Å². The molecule has 1 fully saturated rings. The van der Waals surface area contributed by atoms with Gasteiger partial charge in [0.05, 0.1) is 16.3 Å². The van der Waals surface area contributed by atoms with E-state index in [4.69, 9.17) is 0 Å². The minimum Gasteiger partial charge on any atom is -0.343 e. The number of carbonyl (C=O) groups is 2. The molecule has 1 aliphatic rings. The zero-order valence-electron chi connectivity index (χ0n) is 19.9. The van der Waals surface area contributed by atoms with Crippen LogP contribution in [0.5, 0.6) is 0 Å². The number of carbonyl (C=O) groups excluding carboxylic acids is 2. The lowest BCUT2D eigenvalue weighted by atomic mass is 9.86. The molecule has 3 heterocycles. The number of piperidine rings is 1. The molecule has 0 unspecified atom stereocenters. The molecule has 35 heavy (non-hydrogen) atoms. The van der Waals surface area contributed by atoms with Crippen LogP contribution >= 0.6 is 0 Å². The van der Waals surface area contributed by atoms with Crippen LogP contribution in [0.25, 0.3) is 5.65 Å². The summed E-state index contributed by atoms with van der Waals surface area (Å²) in [4.78, 5) is 38.9. The maximum absolute atomic E-state index is 13.6. The Morgan fingerprint density at radius 2 is 1.89 bits per heavy atom. The Balaban J connectivity index is 1.50. The summed E-state index contributed by atoms with van der Waals surface area (Å²) in [5.74, 6) is -0.653. The Labute approximate surface area is 201 Å². The quantitative estimate of drug-likeness (QED) is 0.379. The lowest BCUT2D eigenvalue weighted by Crippen LogP contribution is -2.63. The zero-order valence-corrected chi connectivity index (χ0v) is 19.9. The number of fused-ring (bicyclic) bond motifs is 1. The number of likely N-dealkylation sites (N-methyl/N-ethyl adjacent to an activating group) is 1. The van der Waals surface area contributed by atoms with Gasteiger partial charge in [-0.05, 0) is 51.8 Å². The summed E-state index contributed by atoms with van der Waals surface area (Å²) in [5.41, 5.74) is 1.82. The van der Waals surface area contributed by atoms with Crippen molar-refractivity contribution >= 4 is 23.1 Å². The largest absolute Gasteiger partial charge is 0.343 e. The molecule has 2 amide bonds. The molecule has 0 saturated carbocycles. The van der Waals surface area contributed by atoms with E-state index in [1.165, 1.54) is 12.1 Å². The van der Waals surface area contributed by atoms with Gasteiger partial charge in [0.2, 0.25) is 5.91 Å². The number of nitro benzene ring substituents is 1. The van der Waals surface area contributed by atoms with Crippen LogP contribution in [0, 0.1) is 24.0 Å². The fraction of sp³-hybridized carbons (Fsp3) is 0.435. The van der Waals surface area contributed by atoms with E-state index in [2.05, 4.69) is 25.9 Å². The number of hydrogen-bond donors (Lipinski definition) is 2. The van der Waals surface area contributed by atoms with Crippen LogP contribution in [0.3, 0.4) is 0 Å². The van der Waals surface area contributed by atoms with Gasteiger partial charge in [-0.3, -0.25) is 19.7 Å². The molecule has 0 spiro atoms. The van der Waals surface area contributed by atoms with Gasteiger partial charge in [-0.2, -0.15) is 5.10 Å². The zero-order chi connectivity index (χ0) is 25.2. The third kappa shape index (κ3) is 4.97. The first-order valence-electron chi connectivity index (χ1n) is 11.4. The number of nitrogens with one attached hydrogen (secondary N) is 2. The Morgan fingerprint density at radius 3 is 2.54 bits per heavy atom. The molecule has 0 aliphatic carbocycles. The summed E-state index contributed by atoms with van der Waals surface area (Å²) in [6.07, 6.45) is 1.41. The predicted octanol–water partition coefficient (Wildman–Crippen LogP) is 1.20. The topological polar surface area (TPSA) is 148 Å². The third-order valence-electron chi connectivity index (χ3n) is 6.39. The van der Waals surface area contributed by atoms with Gasteiger partial charge in [-0.1, -0.05) is 12.1 Å². The number of rotatable bonds is 7. The lowest BCUT2D eigenvalue weighted by molar-refractivity contribution is -0.384. The number of non-ortho nitro benzene ring substituents is 1. The van der Waals surface area contributed by atoms with Gasteiger partial charge in [0.1, 0.15) is 5.54 Å². The Kier molecular flexibility index (Phi) is 6.74. The molecule has 1 aliphatic heterocycles. The van der Waals surface area contributed by atoms with Gasteiger partial charge in [0.25, 0.3) is 11.6 Å². The highest BCUT2D eigenvalue weighted by molar-refractivity contribution is 5.98. The summed E-state index contributed by atoms with van der Waals surface area (Å²) in [6.45, 7) is 5.16. The van der Waals surface area contributed by atoms with Gasteiger partial charge >= 0.3 is 0 Å². The second kappa shape index (κ2) is 9.74. The van der Waals surface area contributed by atoms with Crippen LogP contribution in [0.4, 0.5) is 5.69 Å². The van der Waals surface area contributed by atoms with Crippen molar-refractivity contribution in [1.82, 2.24) is 35.3 Å². The molecule has 1 aromatic carbocycles. The van der Waals surface area contributed by atoms with Crippen molar-refractivity contribution in [3.8, 4) is 0 Å². The van der Waals surface area contributed by atoms with Crippen molar-refractivity contribution < 1.29 is 14.5 Å². The molecule has 3 aromatic rings. The minimum atomic E-state index is -1.07. The molecule has 184 valence electrons. The van der Waals surface area contributed by atoms with Crippen molar-refractivity contribution in [2.45, 2.75) is 38.6 Å². The van der Waals surface area contributed by atoms with Gasteiger partial charge in [-0.15, -0.1) is 10.2 Å². The predicted molar refractivity (Wildman–Crippen MR) is 127 cm³/mol. The van der Waals surface area contributed by atoms with Crippen LogP contribution in [-0.4, -0.2) is 73.7 Å². The van der Waals surface area contributed by atoms with Crippen molar-refractivity contribution in [1.29, 1.82) is 0 Å². The maximum atomic E-state index is 13.6. The summed E-state index contributed by atoms with van der Waals surface area (Å²) >= 11 is 0. The Morgan fingerprint density at radius 1 is 1.20 bits per heavy atom. The van der Waals surface area contributed by atoms with Gasteiger partial charge < -0.3 is 15.5 Å². The smallest absolute Gasteiger partial charge is 0.274 e. The number of amides is 2. The first kappa shape index (κ1) is 24.2. The number of aryl methyl sites for hydroxylation is 2. The molecule has 12 nitrogen and oxygen atoms in total. The summed E-state index contributed by atoms with van der Waals surface area (Å²) in [6, 6.07) is 8.06. The van der Waals surface area contributed by atoms with Crippen LogP contribution in [0.1, 0.15) is 40.3 Å². The molecule has 12 heteroatoms. The van der Waals surface area contributed by atoms with E-state index in [1.54, 1.807) is 41.6 Å². The molecule has 1 saturated heterocycles. The minimum absolute atomic E-state index is 0.0244. The second-order valence-electron chi connectivity index (χ2n) is 8.88. The van der Waals surface area contributed by atoms with Gasteiger partial charge in [0, 0.05) is 31.8 Å². The van der Waals surface area contributed by atoms with E-state index in [1.807, 2.05) is 6.92 Å². The van der Waals surface area contributed by atoms with Crippen molar-refractivity contribution in [2.24, 2.45) is 0 Å². The highest BCUT2D eigenvalue weighted by Crippen LogP contribution is 2.23. The third-order valence-corrected chi connectivity index (χ3v) is 6.39. The maximum Gasteiger partial charge on any atom is 0.274 e. The standard InChI is InChI=1S/C23H28N8O4/c1-15-14-19-26-27-20(16(2)30(19)28-15)21(32)25-23(9-11-24-12-10-23)22(33)29(3)13-8-17-4-6-18(7-5-17)31(34)35/h4-7,14,24H,8-13H2,1-3H3,(H,25,32). The normalized spacial score (nSPS) is 15.1. The molecule has 4 rings (SSSR count). The van der Waals surface area contributed by atoms with E-state index >= 15 is 0 Å². The molecule has 0 atom stereocenters. The molecule has 0 bridgehead atoms. The van der Waals surface area contributed by atoms with Crippen LogP contribution < -0.4 is 10.6 Å². The monoisotopic (exact) mass is 480 g/mol. The fourth-order valence-electron chi connectivity index (χ4n) is 4.36. The molecular weight excluding hydrogens is 452 g/mol. The van der Waals surface area contributed by atoms with Crippen molar-refractivity contribution in [3.05, 3.63) is 63.1 Å². The molecule has 2 aromatic heterocycles. The van der Waals surface area contributed by atoms with E-state index in [0.29, 0.717) is 50.2 Å². The van der Waals surface area contributed by atoms with Crippen LogP contribution in [0.15, 0.2) is 30.3 Å². The number of aromatic nitrogens is 4. The molecular formula is C23H28N8O4. The summed E-state index contributed by atoms with van der Waals surface area (Å²) in [7, 11) is 1.70. The first-order valence-corrected chi connectivity index (χ1v) is 11.4. The Hall–Kier alpha value is -3.93. The average molecular weight is 481 g/mol. The fourth-order valence-corrected chi connectivity index (χ4v) is 4.36. The highest BCUT2D eigenvalue weighted by atomic mass is 16.6. The van der Waals surface area contributed by atoms with Crippen LogP contribution in [0.2, 0.25) is 0 Å². The molecule has 2 N–H and O–H groups in total. The van der Waals surface area contributed by atoms with E-state index in [-0.39, 0.29) is 17.3 Å². The number of hydrogen-bond acceptors (Lipinski definition) is 8. The van der Waals surface area contributed by atoms with E-state index < -0.39 is 16.4 Å². The number of nitro groups is 1. The molecule has 0 radical (unpaired) electrons. The van der Waals surface area contributed by atoms with Gasteiger partial charge in [-0.25, -0.2) is 4.52 Å². The van der Waals surface area contributed by atoms with E-state index in [9.17, 15) is 19.7 Å². The van der Waals surface area contributed by atoms with Gasteiger partial charge in [0.15, 0.2) is 11.3 Å². The Bertz CT molecular complexity index is 1260. The SMILES string of the molecule is Cc1cc2nnc(C(=O)NC3(C(=O)N(C)CCc4ccc([N+](=O)[O-])cc4)CCNCC3)c(C)n2n1. The average Bonchev–Trinajstić information content (AvgIpc) is 3.24. The van der Waals surface area contributed by atoms with Crippen molar-refractivity contribution in [3.63, 3.8) is 0 Å².